The van der Waals surface area contributed by atoms with Crippen LogP contribution in [0.25, 0.3) is 0 Å². The quantitative estimate of drug-likeness (QED) is 0.0931. The smallest absolute Gasteiger partial charge is 0.416 e. The van der Waals surface area contributed by atoms with E-state index in [0.717, 1.165) is 30.0 Å². The molecule has 7 heterocycles. The first-order chi connectivity index (χ1) is 39.1. The molecule has 82 heavy (non-hydrogen) atoms. The molecule has 4 aliphatic heterocycles. The van der Waals surface area contributed by atoms with Crippen molar-refractivity contribution in [1.82, 2.24) is 14.8 Å². The summed E-state index contributed by atoms with van der Waals surface area (Å²) in [7, 11) is 4.17. The molecule has 0 bridgehead atoms. The number of alkyl halides is 6. The number of carboxylic acid groups (broad SMARTS) is 2. The van der Waals surface area contributed by atoms with Crippen LogP contribution in [0.3, 0.4) is 0 Å². The van der Waals surface area contributed by atoms with E-state index in [1.807, 2.05) is 34.6 Å². The highest BCUT2D eigenvalue weighted by molar-refractivity contribution is 7.11. The molecule has 4 atom stereocenters. The Kier molecular flexibility index (Phi) is 16.1. The van der Waals surface area contributed by atoms with Crippen LogP contribution in [0.2, 0.25) is 0 Å². The molecular formula is C56H56F7N9O8S2. The van der Waals surface area contributed by atoms with Crippen LogP contribution < -0.4 is 38.5 Å². The van der Waals surface area contributed by atoms with Gasteiger partial charge in [0.05, 0.1) is 96.5 Å². The molecule has 2 fully saturated rings. The number of benzene rings is 3. The average molecular weight is 1180 g/mol. The lowest BCUT2D eigenvalue weighted by Gasteiger charge is -2.47. The van der Waals surface area contributed by atoms with Gasteiger partial charge in [0, 0.05) is 87.5 Å². The summed E-state index contributed by atoms with van der Waals surface area (Å²) in [5, 5.41) is 24.1. The Bertz CT molecular complexity index is 3430. The first-order valence-electron chi connectivity index (χ1n) is 26.0. The van der Waals surface area contributed by atoms with Gasteiger partial charge in [0.2, 0.25) is 17.8 Å². The van der Waals surface area contributed by atoms with Crippen molar-refractivity contribution in [1.29, 1.82) is 0 Å². The predicted molar refractivity (Wildman–Crippen MR) is 297 cm³/mol. The van der Waals surface area contributed by atoms with E-state index in [1.165, 1.54) is 72.0 Å². The van der Waals surface area contributed by atoms with Gasteiger partial charge in [0.25, 0.3) is 0 Å². The lowest BCUT2D eigenvalue weighted by Crippen LogP contribution is -2.58. The van der Waals surface area contributed by atoms with Crippen molar-refractivity contribution in [3.8, 4) is 23.1 Å². The van der Waals surface area contributed by atoms with Crippen LogP contribution in [0, 0.1) is 5.82 Å². The van der Waals surface area contributed by atoms with Crippen LogP contribution in [0.4, 0.5) is 64.9 Å². The molecule has 434 valence electrons. The normalized spacial score (nSPS) is 19.3. The fraction of sp³-hybridized carbons (Fsp3) is 0.375. The third kappa shape index (κ3) is 11.5. The van der Waals surface area contributed by atoms with Gasteiger partial charge in [-0.05, 0) is 90.8 Å². The van der Waals surface area contributed by atoms with E-state index in [0.29, 0.717) is 64.4 Å². The molecule has 2 saturated heterocycles. The first kappa shape index (κ1) is 57.2. The molecule has 17 nitrogen and oxygen atoms in total. The van der Waals surface area contributed by atoms with Crippen LogP contribution >= 0.6 is 22.7 Å². The maximum atomic E-state index is 15.8. The number of nitrogens with zero attached hydrogens (tertiary/aromatic N) is 9. The van der Waals surface area contributed by atoms with Gasteiger partial charge in [-0.1, -0.05) is 0 Å². The summed E-state index contributed by atoms with van der Waals surface area (Å²) in [6.45, 7) is 5.83. The van der Waals surface area contributed by atoms with Gasteiger partial charge >= 0.3 is 24.3 Å². The molecule has 26 heteroatoms. The Morgan fingerprint density at radius 3 is 1.76 bits per heavy atom. The number of guanidine groups is 2. The van der Waals surface area contributed by atoms with E-state index in [9.17, 15) is 46.1 Å². The minimum Gasteiger partial charge on any atom is -0.495 e. The van der Waals surface area contributed by atoms with Crippen molar-refractivity contribution in [2.45, 2.75) is 69.6 Å². The molecule has 0 spiro atoms. The number of fused-ring (bicyclic) bond motifs is 2. The molecule has 3 aromatic carbocycles. The summed E-state index contributed by atoms with van der Waals surface area (Å²) in [6, 6.07) is 13.5. The molecule has 4 aliphatic rings. The van der Waals surface area contributed by atoms with Gasteiger partial charge in [-0.2, -0.15) is 26.3 Å². The minimum atomic E-state index is -4.75. The van der Waals surface area contributed by atoms with Gasteiger partial charge in [-0.25, -0.2) is 19.4 Å². The number of carboxylic acids is 2. The molecule has 10 rings (SSSR count). The molecule has 0 saturated carbocycles. The maximum absolute atomic E-state index is 15.8. The highest BCUT2D eigenvalue weighted by Gasteiger charge is 2.44. The van der Waals surface area contributed by atoms with Crippen molar-refractivity contribution in [2.75, 3.05) is 86.8 Å². The zero-order chi connectivity index (χ0) is 58.4. The number of halogens is 7. The zero-order valence-electron chi connectivity index (χ0n) is 44.9. The molecule has 0 aliphatic carbocycles. The number of carbonyl (C=O) groups is 2. The Hall–Kier alpha value is -8.00. The molecule has 4 unspecified atom stereocenters. The Balaban J connectivity index is 0.914. The fourth-order valence-electron chi connectivity index (χ4n) is 11.0. The van der Waals surface area contributed by atoms with Crippen LogP contribution in [0.1, 0.15) is 65.2 Å². The van der Waals surface area contributed by atoms with Gasteiger partial charge in [0.15, 0.2) is 11.6 Å². The summed E-state index contributed by atoms with van der Waals surface area (Å²) < 4.78 is 125. The van der Waals surface area contributed by atoms with E-state index < -0.39 is 66.2 Å². The standard InChI is InChI=1S/C56H56F7N9O8S2/c1-31-28-67(53-65-39-14-21-81-51(39)42(26-48(73)74)71(53)40-22-34(55(58,59)60)6-10-44(40)77-3)16-18-69(31)36-8-9-38(57)46(24-36)80-20-13-33-30-82-52-43(27-49(75)76)72(41-23-35(56(61,62)63)7-11-45(41)78-4)54(66-50(33)52)68-17-19-70(32(2)29-68)37-12-15-64-47(25-37)79-5/h6-12,14-15,21-25,30-32,42-43H,13,16-20,26-29H2,1-5H3,(H,73,74)(H,75,76). The maximum Gasteiger partial charge on any atom is 0.416 e. The lowest BCUT2D eigenvalue weighted by molar-refractivity contribution is -0.138. The van der Waals surface area contributed by atoms with Gasteiger partial charge in [-0.3, -0.25) is 19.4 Å². The number of aromatic nitrogens is 1. The predicted octanol–water partition coefficient (Wildman–Crippen LogP) is 11.5. The highest BCUT2D eigenvalue weighted by Crippen LogP contribution is 2.51. The van der Waals surface area contributed by atoms with Crippen molar-refractivity contribution >= 4 is 80.7 Å². The number of hydrogen-bond acceptors (Lipinski definition) is 17. The highest BCUT2D eigenvalue weighted by atomic mass is 32.1. The Morgan fingerprint density at radius 1 is 0.659 bits per heavy atom. The number of methoxy groups -OCH3 is 3. The van der Waals surface area contributed by atoms with Crippen molar-refractivity contribution in [3.05, 3.63) is 122 Å². The largest absolute Gasteiger partial charge is 0.495 e. The third-order valence-corrected chi connectivity index (χ3v) is 17.0. The first-order valence-corrected chi connectivity index (χ1v) is 27.7. The zero-order valence-corrected chi connectivity index (χ0v) is 46.5. The summed E-state index contributed by atoms with van der Waals surface area (Å²) in [4.78, 5) is 51.7. The number of rotatable bonds is 15. The summed E-state index contributed by atoms with van der Waals surface area (Å²) in [6.07, 6.45) is -8.62. The molecule has 0 radical (unpaired) electrons. The summed E-state index contributed by atoms with van der Waals surface area (Å²) in [5.74, 6) is -2.04. The number of aliphatic carboxylic acids is 2. The van der Waals surface area contributed by atoms with Gasteiger partial charge in [-0.15, -0.1) is 22.7 Å². The van der Waals surface area contributed by atoms with E-state index in [1.54, 1.807) is 41.2 Å². The van der Waals surface area contributed by atoms with E-state index in [2.05, 4.69) is 9.88 Å². The van der Waals surface area contributed by atoms with Crippen LogP contribution in [-0.2, 0) is 28.4 Å². The van der Waals surface area contributed by atoms with E-state index in [-0.39, 0.29) is 78.7 Å². The fourth-order valence-corrected chi connectivity index (χ4v) is 13.1. The second kappa shape index (κ2) is 23.1. The Morgan fingerprint density at radius 2 is 1.22 bits per heavy atom. The topological polar surface area (TPSA) is 169 Å². The second-order valence-corrected chi connectivity index (χ2v) is 21.8. The van der Waals surface area contributed by atoms with Crippen molar-refractivity contribution in [2.24, 2.45) is 9.98 Å². The summed E-state index contributed by atoms with van der Waals surface area (Å²) in [5.41, 5.74) is 1.09. The number of thiophene rings is 2. The van der Waals surface area contributed by atoms with Crippen molar-refractivity contribution < 1.29 is 69.5 Å². The van der Waals surface area contributed by atoms with Crippen molar-refractivity contribution in [3.63, 3.8) is 0 Å². The lowest BCUT2D eigenvalue weighted by atomic mass is 10.0. The summed E-state index contributed by atoms with van der Waals surface area (Å²) >= 11 is 2.46. The number of piperazine rings is 2. The molecule has 0 amide bonds. The SMILES string of the molecule is COc1cc(N2CCN(C3=Nc4c(CCOc5cc(N6CCN(C7=Nc8ccsc8C(CC(=O)O)N7c7cc(C(F)(F)F)ccc7OC)CC6C)ccc5F)csc4C(CC(=O)O)N3c3cc(C(F)(F)F)ccc3OC)CC2C)ccn1. The molecule has 2 N–H and O–H groups in total. The van der Waals surface area contributed by atoms with Gasteiger partial charge < -0.3 is 48.8 Å². The van der Waals surface area contributed by atoms with Crippen LogP contribution in [0.15, 0.2) is 99.7 Å². The van der Waals surface area contributed by atoms with Crippen LogP contribution in [-0.4, -0.2) is 128 Å². The van der Waals surface area contributed by atoms with Gasteiger partial charge in [0.1, 0.15) is 11.5 Å². The third-order valence-electron chi connectivity index (χ3n) is 14.9. The molecule has 3 aromatic heterocycles. The van der Waals surface area contributed by atoms with Crippen LogP contribution in [0.5, 0.6) is 23.1 Å². The monoisotopic (exact) mass is 1180 g/mol. The Labute approximate surface area is 474 Å². The average Bonchev–Trinajstić information content (AvgIpc) is 2.61. The molecule has 6 aromatic rings. The molecular weight excluding hydrogens is 1120 g/mol. The number of anilines is 4. The van der Waals surface area contributed by atoms with E-state index >= 15 is 4.39 Å². The number of ether oxygens (including phenoxy) is 4. The second-order valence-electron chi connectivity index (χ2n) is 20.0. The van der Waals surface area contributed by atoms with E-state index in [4.69, 9.17) is 28.9 Å². The minimum absolute atomic E-state index is 0.00253. The number of hydrogen-bond donors (Lipinski definition) is 2. The number of aliphatic imine (C=N–C) groups is 2. The number of pyridine rings is 1.